The van der Waals surface area contributed by atoms with E-state index < -0.39 is 11.9 Å². The number of likely N-dealkylation sites (N-methyl/N-ethyl adjacent to an activating group) is 1. The summed E-state index contributed by atoms with van der Waals surface area (Å²) in [6, 6.07) is 6.88. The molecular weight excluding hydrogens is 487 g/mol. The molecule has 0 aliphatic carbocycles. The van der Waals surface area contributed by atoms with E-state index in [0.29, 0.717) is 12.3 Å². The van der Waals surface area contributed by atoms with Gasteiger partial charge < -0.3 is 15.8 Å². The minimum absolute atomic E-state index is 0.0398. The van der Waals surface area contributed by atoms with Gasteiger partial charge in [0.1, 0.15) is 6.29 Å². The van der Waals surface area contributed by atoms with Gasteiger partial charge in [-0.2, -0.15) is 13.2 Å². The van der Waals surface area contributed by atoms with Gasteiger partial charge >= 0.3 is 6.18 Å². The Balaban J connectivity index is 1.40. The summed E-state index contributed by atoms with van der Waals surface area (Å²) in [4.78, 5) is 19.2. The molecule has 1 saturated heterocycles. The third-order valence-corrected chi connectivity index (χ3v) is 8.27. The first-order chi connectivity index (χ1) is 17.2. The standard InChI is InChI=1S/C26H34F3N5OS/c1-17(31-2)22(4-3-13-35)34-12-9-18-5-6-20(14-21(18)15-34)19-7-10-33(11-8-19)16-23-24(26(27,28)29)32-25(30)36-23/h5-6,13-14,19,22,31H,1,3-4,7-12,15-16H2,2H3,(H2,30,32). The molecule has 10 heteroatoms. The number of anilines is 1. The number of nitrogens with one attached hydrogen (secondary N) is 1. The highest BCUT2D eigenvalue weighted by atomic mass is 32.1. The van der Waals surface area contributed by atoms with Crippen molar-refractivity contribution in [2.24, 2.45) is 0 Å². The van der Waals surface area contributed by atoms with E-state index in [4.69, 9.17) is 5.73 Å². The lowest BCUT2D eigenvalue weighted by atomic mass is 9.86. The van der Waals surface area contributed by atoms with Crippen molar-refractivity contribution in [2.45, 2.75) is 63.3 Å². The molecule has 1 unspecified atom stereocenters. The van der Waals surface area contributed by atoms with Gasteiger partial charge in [-0.25, -0.2) is 4.98 Å². The number of carbonyl (C=O) groups is 1. The van der Waals surface area contributed by atoms with E-state index in [2.05, 4.69) is 44.9 Å². The first-order valence-electron chi connectivity index (χ1n) is 12.4. The van der Waals surface area contributed by atoms with Crippen molar-refractivity contribution in [3.63, 3.8) is 0 Å². The number of nitrogens with zero attached hydrogens (tertiary/aromatic N) is 3. The molecule has 0 bridgehead atoms. The van der Waals surface area contributed by atoms with Crippen molar-refractivity contribution in [2.75, 3.05) is 32.4 Å². The zero-order valence-corrected chi connectivity index (χ0v) is 21.4. The quantitative estimate of drug-likeness (QED) is 0.471. The molecule has 2 aliphatic heterocycles. The Kier molecular flexibility index (Phi) is 8.37. The zero-order chi connectivity index (χ0) is 25.9. The average Bonchev–Trinajstić information content (AvgIpc) is 3.24. The first kappa shape index (κ1) is 26.6. The van der Waals surface area contributed by atoms with Crippen LogP contribution >= 0.6 is 11.3 Å². The van der Waals surface area contributed by atoms with Crippen LogP contribution in [0.4, 0.5) is 18.3 Å². The molecular formula is C26H34F3N5OS. The Hall–Kier alpha value is -2.43. The number of rotatable bonds is 9. The van der Waals surface area contributed by atoms with E-state index in [0.717, 1.165) is 75.2 Å². The second kappa shape index (κ2) is 11.3. The van der Waals surface area contributed by atoms with Gasteiger partial charge in [0.05, 0.1) is 4.88 Å². The average molecular weight is 522 g/mol. The van der Waals surface area contributed by atoms with Crippen molar-refractivity contribution < 1.29 is 18.0 Å². The predicted molar refractivity (Wildman–Crippen MR) is 137 cm³/mol. The van der Waals surface area contributed by atoms with Crippen LogP contribution in [0.1, 0.15) is 58.9 Å². The van der Waals surface area contributed by atoms with E-state index in [1.807, 2.05) is 7.05 Å². The minimum Gasteiger partial charge on any atom is -0.391 e. The third kappa shape index (κ3) is 6.10. The molecule has 2 aliphatic rings. The van der Waals surface area contributed by atoms with Crippen LogP contribution in [0.3, 0.4) is 0 Å². The van der Waals surface area contributed by atoms with Crippen LogP contribution in [0.5, 0.6) is 0 Å². The van der Waals surface area contributed by atoms with Crippen LogP contribution in [0.2, 0.25) is 0 Å². The molecule has 2 aromatic rings. The van der Waals surface area contributed by atoms with Crippen LogP contribution in [-0.2, 0) is 30.5 Å². The smallest absolute Gasteiger partial charge is 0.391 e. The molecule has 36 heavy (non-hydrogen) atoms. The molecule has 1 aromatic heterocycles. The Morgan fingerprint density at radius 3 is 2.72 bits per heavy atom. The highest BCUT2D eigenvalue weighted by molar-refractivity contribution is 7.15. The maximum Gasteiger partial charge on any atom is 0.434 e. The summed E-state index contributed by atoms with van der Waals surface area (Å²) in [6.07, 6.45) is 0.496. The fourth-order valence-corrected chi connectivity index (χ4v) is 6.31. The number of likely N-dealkylation sites (tertiary alicyclic amines) is 1. The summed E-state index contributed by atoms with van der Waals surface area (Å²) in [5, 5.41) is 3.12. The highest BCUT2D eigenvalue weighted by Gasteiger charge is 2.38. The van der Waals surface area contributed by atoms with Crippen LogP contribution in [0.15, 0.2) is 30.5 Å². The summed E-state index contributed by atoms with van der Waals surface area (Å²) in [5.41, 5.74) is 9.63. The number of fused-ring (bicyclic) bond motifs is 1. The summed E-state index contributed by atoms with van der Waals surface area (Å²) in [6.45, 7) is 7.61. The number of nitrogens with two attached hydrogens (primary N) is 1. The molecule has 4 rings (SSSR count). The number of hydrogen-bond acceptors (Lipinski definition) is 7. The molecule has 1 fully saturated rings. The van der Waals surface area contributed by atoms with E-state index >= 15 is 0 Å². The number of benzene rings is 1. The van der Waals surface area contributed by atoms with Gasteiger partial charge in [0.15, 0.2) is 10.8 Å². The van der Waals surface area contributed by atoms with Crippen molar-refractivity contribution in [1.82, 2.24) is 20.1 Å². The van der Waals surface area contributed by atoms with Crippen LogP contribution < -0.4 is 11.1 Å². The number of piperidine rings is 1. The molecule has 3 N–H and O–H groups in total. The van der Waals surface area contributed by atoms with Crippen LogP contribution in [0.25, 0.3) is 0 Å². The lowest BCUT2D eigenvalue weighted by molar-refractivity contribution is -0.141. The summed E-state index contributed by atoms with van der Waals surface area (Å²) >= 11 is 0.929. The lowest BCUT2D eigenvalue weighted by Gasteiger charge is -2.37. The number of carbonyl (C=O) groups excluding carboxylic acids is 1. The lowest BCUT2D eigenvalue weighted by Crippen LogP contribution is -2.42. The van der Waals surface area contributed by atoms with Gasteiger partial charge in [0.25, 0.3) is 0 Å². The van der Waals surface area contributed by atoms with Gasteiger partial charge in [-0.05, 0) is 61.4 Å². The second-order valence-electron chi connectivity index (χ2n) is 9.66. The van der Waals surface area contributed by atoms with Crippen molar-refractivity contribution in [3.8, 4) is 0 Å². The van der Waals surface area contributed by atoms with Crippen molar-refractivity contribution in [3.05, 3.63) is 57.7 Å². The molecule has 0 radical (unpaired) electrons. The Bertz CT molecular complexity index is 1080. The normalized spacial score (nSPS) is 18.6. The van der Waals surface area contributed by atoms with Gasteiger partial charge in [0, 0.05) is 44.8 Å². The molecule has 6 nitrogen and oxygen atoms in total. The Morgan fingerprint density at radius 1 is 1.31 bits per heavy atom. The molecule has 0 saturated carbocycles. The topological polar surface area (TPSA) is 74.5 Å². The summed E-state index contributed by atoms with van der Waals surface area (Å²) < 4.78 is 39.8. The Labute approximate surface area is 214 Å². The van der Waals surface area contributed by atoms with E-state index in [1.165, 1.54) is 16.7 Å². The number of nitrogen functional groups attached to an aromatic ring is 1. The SMILES string of the molecule is C=C(NC)C(CCC=O)N1CCc2ccc(C3CCN(Cc4sc(N)nc4C(F)(F)F)CC3)cc2C1. The van der Waals surface area contributed by atoms with Gasteiger partial charge in [-0.1, -0.05) is 24.8 Å². The minimum atomic E-state index is -4.48. The highest BCUT2D eigenvalue weighted by Crippen LogP contribution is 2.37. The van der Waals surface area contributed by atoms with Gasteiger partial charge in [-0.3, -0.25) is 9.80 Å². The largest absolute Gasteiger partial charge is 0.434 e. The zero-order valence-electron chi connectivity index (χ0n) is 20.6. The maximum atomic E-state index is 13.3. The fourth-order valence-electron chi connectivity index (χ4n) is 5.41. The number of alkyl halides is 3. The number of hydrogen-bond donors (Lipinski definition) is 2. The number of halogens is 3. The summed E-state index contributed by atoms with van der Waals surface area (Å²) in [7, 11) is 1.87. The Morgan fingerprint density at radius 2 is 2.06 bits per heavy atom. The molecule has 3 heterocycles. The van der Waals surface area contributed by atoms with Gasteiger partial charge in [-0.15, -0.1) is 11.3 Å². The van der Waals surface area contributed by atoms with Gasteiger partial charge in [0.2, 0.25) is 0 Å². The summed E-state index contributed by atoms with van der Waals surface area (Å²) in [5.74, 6) is 0.383. The third-order valence-electron chi connectivity index (χ3n) is 7.40. The second-order valence-corrected chi connectivity index (χ2v) is 10.8. The molecule has 0 spiro atoms. The van der Waals surface area contributed by atoms with E-state index in [9.17, 15) is 18.0 Å². The first-order valence-corrected chi connectivity index (χ1v) is 13.2. The van der Waals surface area contributed by atoms with E-state index in [1.54, 1.807) is 0 Å². The molecule has 196 valence electrons. The number of thiazole rings is 1. The molecule has 0 amide bonds. The van der Waals surface area contributed by atoms with Crippen molar-refractivity contribution in [1.29, 1.82) is 0 Å². The number of aldehydes is 1. The fraction of sp³-hybridized carbons (Fsp3) is 0.538. The molecule has 1 aromatic carbocycles. The number of aromatic nitrogens is 1. The monoisotopic (exact) mass is 521 g/mol. The van der Waals surface area contributed by atoms with Crippen molar-refractivity contribution >= 4 is 22.8 Å². The van der Waals surface area contributed by atoms with Crippen LogP contribution in [0, 0.1) is 0 Å². The van der Waals surface area contributed by atoms with E-state index in [-0.39, 0.29) is 22.6 Å². The van der Waals surface area contributed by atoms with Crippen LogP contribution in [-0.4, -0.2) is 53.8 Å². The molecule has 1 atom stereocenters. The predicted octanol–water partition coefficient (Wildman–Crippen LogP) is 4.56. The maximum absolute atomic E-state index is 13.3.